The lowest BCUT2D eigenvalue weighted by Crippen LogP contribution is -2.39. The van der Waals surface area contributed by atoms with Gasteiger partial charge in [0.25, 0.3) is 0 Å². The van der Waals surface area contributed by atoms with Crippen molar-refractivity contribution in [2.75, 3.05) is 45.4 Å². The fourth-order valence-electron chi connectivity index (χ4n) is 1.75. The minimum absolute atomic E-state index is 0. The average molecular weight is 303 g/mol. The predicted octanol–water partition coefficient (Wildman–Crippen LogP) is 1.71. The number of carbonyl (C=O) groups is 1. The first-order valence-electron chi connectivity index (χ1n) is 6.37. The molecule has 0 saturated carbocycles. The Labute approximate surface area is 126 Å². The van der Waals surface area contributed by atoms with Gasteiger partial charge in [0.05, 0.1) is 20.3 Å². The third-order valence-corrected chi connectivity index (χ3v) is 2.74. The molecule has 0 aliphatic carbocycles. The number of likely N-dealkylation sites (N-methyl/N-ethyl adjacent to an activating group) is 1. The average Bonchev–Trinajstić information content (AvgIpc) is 2.44. The molecule has 1 amide bonds. The molecule has 6 heteroatoms. The van der Waals surface area contributed by atoms with Crippen LogP contribution in [0.15, 0.2) is 24.3 Å². The van der Waals surface area contributed by atoms with Crippen molar-refractivity contribution in [3.63, 3.8) is 0 Å². The van der Waals surface area contributed by atoms with Crippen LogP contribution in [-0.2, 0) is 9.53 Å². The number of carbonyl (C=O) groups excluding carboxylic acids is 1. The van der Waals surface area contributed by atoms with Gasteiger partial charge in [0, 0.05) is 32.0 Å². The summed E-state index contributed by atoms with van der Waals surface area (Å²) in [4.78, 5) is 13.8. The minimum atomic E-state index is 0. The number of nitrogens with one attached hydrogen (secondary N) is 1. The van der Waals surface area contributed by atoms with Crippen LogP contribution in [0.5, 0.6) is 5.75 Å². The van der Waals surface area contributed by atoms with E-state index in [1.807, 2.05) is 31.2 Å². The van der Waals surface area contributed by atoms with Gasteiger partial charge >= 0.3 is 0 Å². The number of methoxy groups -OCH3 is 2. The number of rotatable bonds is 8. The van der Waals surface area contributed by atoms with Crippen molar-refractivity contribution < 1.29 is 14.3 Å². The molecule has 1 aromatic rings. The molecule has 1 N–H and O–H groups in total. The largest absolute Gasteiger partial charge is 0.497 e. The molecule has 0 radical (unpaired) electrons. The molecule has 1 aromatic carbocycles. The first-order chi connectivity index (χ1) is 9.22. The van der Waals surface area contributed by atoms with E-state index in [1.165, 1.54) is 0 Å². The highest BCUT2D eigenvalue weighted by Gasteiger charge is 2.13. The summed E-state index contributed by atoms with van der Waals surface area (Å²) in [7, 11) is 3.25. The van der Waals surface area contributed by atoms with E-state index in [0.29, 0.717) is 26.2 Å². The van der Waals surface area contributed by atoms with Gasteiger partial charge in [0.1, 0.15) is 5.75 Å². The second-order valence-corrected chi connectivity index (χ2v) is 4.01. The SMILES string of the molecule is CCN(C(=O)CNCCOC)c1cccc(OC)c1.Cl. The van der Waals surface area contributed by atoms with Gasteiger partial charge < -0.3 is 19.7 Å². The van der Waals surface area contributed by atoms with Gasteiger partial charge in [-0.3, -0.25) is 4.79 Å². The lowest BCUT2D eigenvalue weighted by atomic mass is 10.2. The minimum Gasteiger partial charge on any atom is -0.497 e. The fourth-order valence-corrected chi connectivity index (χ4v) is 1.75. The molecule has 0 aromatic heterocycles. The lowest BCUT2D eigenvalue weighted by molar-refractivity contribution is -0.117. The van der Waals surface area contributed by atoms with Gasteiger partial charge in [-0.1, -0.05) is 6.07 Å². The lowest BCUT2D eigenvalue weighted by Gasteiger charge is -2.21. The van der Waals surface area contributed by atoms with Crippen LogP contribution in [-0.4, -0.2) is 46.4 Å². The van der Waals surface area contributed by atoms with Gasteiger partial charge in [0.2, 0.25) is 5.91 Å². The third kappa shape index (κ3) is 5.77. The molecule has 0 bridgehead atoms. The highest BCUT2D eigenvalue weighted by atomic mass is 35.5. The second-order valence-electron chi connectivity index (χ2n) is 4.01. The summed E-state index contributed by atoms with van der Waals surface area (Å²) in [6, 6.07) is 7.50. The summed E-state index contributed by atoms with van der Waals surface area (Å²) in [5, 5.41) is 3.05. The van der Waals surface area contributed by atoms with Gasteiger partial charge in [-0.05, 0) is 19.1 Å². The van der Waals surface area contributed by atoms with Gasteiger partial charge in [0.15, 0.2) is 0 Å². The maximum absolute atomic E-state index is 12.1. The number of hydrogen-bond acceptors (Lipinski definition) is 4. The standard InChI is InChI=1S/C14H22N2O3.ClH/c1-4-16(14(17)11-15-8-9-18-2)12-6-5-7-13(10-12)19-3;/h5-7,10,15H,4,8-9,11H2,1-3H3;1H. The third-order valence-electron chi connectivity index (χ3n) is 2.74. The fraction of sp³-hybridized carbons (Fsp3) is 0.500. The Morgan fingerprint density at radius 1 is 1.35 bits per heavy atom. The summed E-state index contributed by atoms with van der Waals surface area (Å²) < 4.78 is 10.1. The van der Waals surface area contributed by atoms with E-state index in [0.717, 1.165) is 11.4 Å². The summed E-state index contributed by atoms with van der Waals surface area (Å²) in [6.07, 6.45) is 0. The Hall–Kier alpha value is -1.30. The molecule has 0 aliphatic heterocycles. The Morgan fingerprint density at radius 2 is 2.10 bits per heavy atom. The molecule has 0 unspecified atom stereocenters. The van der Waals surface area contributed by atoms with Crippen LogP contribution in [0, 0.1) is 0 Å². The van der Waals surface area contributed by atoms with Crippen molar-refractivity contribution in [1.29, 1.82) is 0 Å². The van der Waals surface area contributed by atoms with Gasteiger partial charge in [-0.2, -0.15) is 0 Å². The smallest absolute Gasteiger partial charge is 0.240 e. The molecule has 0 saturated heterocycles. The Kier molecular flexibility index (Phi) is 9.80. The molecular weight excluding hydrogens is 280 g/mol. The summed E-state index contributed by atoms with van der Waals surface area (Å²) in [5.74, 6) is 0.781. The Bertz CT molecular complexity index is 402. The van der Waals surface area contributed by atoms with Crippen molar-refractivity contribution in [3.05, 3.63) is 24.3 Å². The van der Waals surface area contributed by atoms with Gasteiger partial charge in [-0.25, -0.2) is 0 Å². The molecule has 114 valence electrons. The molecule has 0 atom stereocenters. The van der Waals surface area contributed by atoms with Crippen LogP contribution in [0.1, 0.15) is 6.92 Å². The normalized spacial score (nSPS) is 9.75. The second kappa shape index (κ2) is 10.5. The number of amides is 1. The monoisotopic (exact) mass is 302 g/mol. The zero-order valence-electron chi connectivity index (χ0n) is 12.2. The van der Waals surface area contributed by atoms with E-state index in [4.69, 9.17) is 9.47 Å². The van der Waals surface area contributed by atoms with Crippen molar-refractivity contribution in [3.8, 4) is 5.75 Å². The highest BCUT2D eigenvalue weighted by Crippen LogP contribution is 2.20. The summed E-state index contributed by atoms with van der Waals surface area (Å²) >= 11 is 0. The van der Waals surface area contributed by atoms with E-state index in [-0.39, 0.29) is 18.3 Å². The van der Waals surface area contributed by atoms with Crippen molar-refractivity contribution >= 4 is 24.0 Å². The number of benzene rings is 1. The first-order valence-corrected chi connectivity index (χ1v) is 6.37. The van der Waals surface area contributed by atoms with Crippen LogP contribution >= 0.6 is 12.4 Å². The zero-order chi connectivity index (χ0) is 14.1. The van der Waals surface area contributed by atoms with Gasteiger partial charge in [-0.15, -0.1) is 12.4 Å². The van der Waals surface area contributed by atoms with E-state index in [2.05, 4.69) is 5.32 Å². The zero-order valence-corrected chi connectivity index (χ0v) is 13.0. The van der Waals surface area contributed by atoms with Crippen LogP contribution in [0.3, 0.4) is 0 Å². The van der Waals surface area contributed by atoms with Crippen LogP contribution < -0.4 is 15.0 Å². The molecular formula is C14H23ClN2O3. The van der Waals surface area contributed by atoms with Crippen LogP contribution in [0.4, 0.5) is 5.69 Å². The topological polar surface area (TPSA) is 50.8 Å². The van der Waals surface area contributed by atoms with E-state index in [1.54, 1.807) is 19.1 Å². The van der Waals surface area contributed by atoms with Crippen LogP contribution in [0.25, 0.3) is 0 Å². The number of hydrogen-bond donors (Lipinski definition) is 1. The number of ether oxygens (including phenoxy) is 2. The number of anilines is 1. The van der Waals surface area contributed by atoms with Crippen molar-refractivity contribution in [1.82, 2.24) is 5.32 Å². The molecule has 20 heavy (non-hydrogen) atoms. The molecule has 1 rings (SSSR count). The van der Waals surface area contributed by atoms with Crippen molar-refractivity contribution in [2.45, 2.75) is 6.92 Å². The van der Waals surface area contributed by atoms with E-state index in [9.17, 15) is 4.79 Å². The van der Waals surface area contributed by atoms with E-state index < -0.39 is 0 Å². The van der Waals surface area contributed by atoms with E-state index >= 15 is 0 Å². The Balaban J connectivity index is 0.00000361. The quantitative estimate of drug-likeness (QED) is 0.743. The number of halogens is 1. The number of nitrogens with zero attached hydrogens (tertiary/aromatic N) is 1. The molecule has 0 fully saturated rings. The summed E-state index contributed by atoms with van der Waals surface area (Å²) in [5.41, 5.74) is 0.848. The first kappa shape index (κ1) is 18.7. The Morgan fingerprint density at radius 3 is 2.70 bits per heavy atom. The maximum Gasteiger partial charge on any atom is 0.240 e. The predicted molar refractivity (Wildman–Crippen MR) is 83.0 cm³/mol. The highest BCUT2D eigenvalue weighted by molar-refractivity contribution is 5.94. The molecule has 0 aliphatic rings. The van der Waals surface area contributed by atoms with Crippen LogP contribution in [0.2, 0.25) is 0 Å². The maximum atomic E-state index is 12.1. The molecule has 0 heterocycles. The van der Waals surface area contributed by atoms with Crippen molar-refractivity contribution in [2.24, 2.45) is 0 Å². The summed E-state index contributed by atoms with van der Waals surface area (Å²) in [6.45, 7) is 4.13. The molecule has 0 spiro atoms. The molecule has 5 nitrogen and oxygen atoms in total.